The zero-order chi connectivity index (χ0) is 21.2. The number of likely N-dealkylation sites (N-methyl/N-ethyl adjacent to an activating group) is 1. The maximum Gasteiger partial charge on any atom is 0.270 e. The number of thiazole rings is 1. The maximum atomic E-state index is 13.2. The highest BCUT2D eigenvalue weighted by Crippen LogP contribution is 2.32. The fourth-order valence-electron chi connectivity index (χ4n) is 2.87. The van der Waals surface area contributed by atoms with E-state index < -0.39 is 9.84 Å². The minimum Gasteiger partial charge on any atom is -0.302 e. The van der Waals surface area contributed by atoms with Crippen LogP contribution in [0, 0.1) is 0 Å². The monoisotopic (exact) mass is 515 g/mol. The molecule has 156 valence electrons. The first-order chi connectivity index (χ1) is 13.7. The third-order valence-corrected chi connectivity index (χ3v) is 8.33. The normalized spacial score (nSPS) is 12.0. The van der Waals surface area contributed by atoms with Crippen molar-refractivity contribution < 1.29 is 13.2 Å². The van der Waals surface area contributed by atoms with Crippen LogP contribution in [0.25, 0.3) is 10.2 Å². The van der Waals surface area contributed by atoms with Gasteiger partial charge in [0, 0.05) is 19.3 Å². The Bertz CT molecular complexity index is 1120. The van der Waals surface area contributed by atoms with Crippen LogP contribution in [0.2, 0.25) is 0 Å². The minimum atomic E-state index is -3.30. The third kappa shape index (κ3) is 5.24. The summed E-state index contributed by atoms with van der Waals surface area (Å²) in [5.41, 5.74) is 0.686. The molecule has 0 aliphatic heterocycles. The van der Waals surface area contributed by atoms with E-state index in [-0.39, 0.29) is 10.8 Å². The lowest BCUT2D eigenvalue weighted by Crippen LogP contribution is -2.38. The second-order valence-corrected chi connectivity index (χ2v) is 12.0. The Morgan fingerprint density at radius 1 is 1.10 bits per heavy atom. The van der Waals surface area contributed by atoms with Gasteiger partial charge >= 0.3 is 0 Å². The zero-order valence-corrected chi connectivity index (χ0v) is 20.4. The molecule has 3 aromatic rings. The van der Waals surface area contributed by atoms with Crippen LogP contribution in [0.3, 0.4) is 0 Å². The lowest BCUT2D eigenvalue weighted by atomic mass is 10.3. The van der Waals surface area contributed by atoms with Gasteiger partial charge in [-0.1, -0.05) is 25.2 Å². The molecule has 1 aromatic carbocycles. The second kappa shape index (κ2) is 9.22. The summed E-state index contributed by atoms with van der Waals surface area (Å²) in [6.07, 6.45) is 1.19. The lowest BCUT2D eigenvalue weighted by molar-refractivity contribution is 0.0987. The quantitative estimate of drug-likeness (QED) is 0.441. The number of anilines is 1. The molecule has 0 radical (unpaired) electrons. The molecule has 0 N–H and O–H groups in total. The number of hydrogen-bond donors (Lipinski definition) is 0. The average molecular weight is 517 g/mol. The standard InChI is InChI=1S/C19H22BrN3O3S3/c1-4-22(5-2)10-11-23(18(24)15-8-9-17(20)27-15)19-21-14-7-6-13(29(3,25)26)12-16(14)28-19/h6-9,12H,4-5,10-11H2,1-3H3. The molecule has 10 heteroatoms. The van der Waals surface area contributed by atoms with Crippen LogP contribution in [-0.4, -0.2) is 56.6 Å². The smallest absolute Gasteiger partial charge is 0.270 e. The second-order valence-electron chi connectivity index (χ2n) is 6.49. The van der Waals surface area contributed by atoms with Gasteiger partial charge in [0.1, 0.15) is 0 Å². The van der Waals surface area contributed by atoms with Gasteiger partial charge in [-0.05, 0) is 59.4 Å². The molecule has 1 amide bonds. The molecule has 0 saturated carbocycles. The van der Waals surface area contributed by atoms with E-state index in [1.165, 1.54) is 28.9 Å². The van der Waals surface area contributed by atoms with Crippen molar-refractivity contribution in [2.45, 2.75) is 18.7 Å². The Hall–Kier alpha value is -1.33. The van der Waals surface area contributed by atoms with Crippen LogP contribution in [0.15, 0.2) is 39.0 Å². The van der Waals surface area contributed by atoms with Gasteiger partial charge in [0.05, 0.1) is 23.8 Å². The van der Waals surface area contributed by atoms with Crippen LogP contribution in [-0.2, 0) is 9.84 Å². The van der Waals surface area contributed by atoms with E-state index in [1.807, 2.05) is 6.07 Å². The summed E-state index contributed by atoms with van der Waals surface area (Å²) < 4.78 is 25.4. The van der Waals surface area contributed by atoms with Crippen LogP contribution < -0.4 is 4.90 Å². The van der Waals surface area contributed by atoms with Crippen LogP contribution in [0.4, 0.5) is 5.13 Å². The van der Waals surface area contributed by atoms with Crippen LogP contribution >= 0.6 is 38.6 Å². The predicted octanol–water partition coefficient (Wildman–Crippen LogP) is 4.51. The number of hydrogen-bond acceptors (Lipinski definition) is 7. The van der Waals surface area contributed by atoms with Gasteiger partial charge in [-0.3, -0.25) is 9.69 Å². The first kappa shape index (κ1) is 22.4. The summed E-state index contributed by atoms with van der Waals surface area (Å²) in [7, 11) is -3.30. The number of nitrogens with zero attached hydrogens (tertiary/aromatic N) is 3. The van der Waals surface area contributed by atoms with Crippen molar-refractivity contribution in [2.75, 3.05) is 37.3 Å². The molecule has 0 aliphatic carbocycles. The van der Waals surface area contributed by atoms with Gasteiger partial charge in [-0.2, -0.15) is 0 Å². The van der Waals surface area contributed by atoms with Crippen molar-refractivity contribution >= 4 is 69.7 Å². The first-order valence-electron chi connectivity index (χ1n) is 9.13. The number of thiophene rings is 1. The van der Waals surface area contributed by atoms with Crippen molar-refractivity contribution in [2.24, 2.45) is 0 Å². The highest BCUT2D eigenvalue weighted by atomic mass is 79.9. The van der Waals surface area contributed by atoms with Crippen LogP contribution in [0.5, 0.6) is 0 Å². The summed E-state index contributed by atoms with van der Waals surface area (Å²) in [6.45, 7) is 7.23. The first-order valence-corrected chi connectivity index (χ1v) is 13.4. The third-order valence-electron chi connectivity index (χ3n) is 4.57. The number of rotatable bonds is 8. The zero-order valence-electron chi connectivity index (χ0n) is 16.4. The largest absolute Gasteiger partial charge is 0.302 e. The predicted molar refractivity (Wildman–Crippen MR) is 124 cm³/mol. The Morgan fingerprint density at radius 2 is 1.83 bits per heavy atom. The number of amides is 1. The number of halogens is 1. The van der Waals surface area contributed by atoms with Gasteiger partial charge in [-0.25, -0.2) is 13.4 Å². The Kier molecular flexibility index (Phi) is 7.10. The molecule has 0 fully saturated rings. The molecule has 0 unspecified atom stereocenters. The van der Waals surface area contributed by atoms with Gasteiger partial charge in [0.25, 0.3) is 5.91 Å². The van der Waals surface area contributed by atoms with Crippen molar-refractivity contribution in [3.8, 4) is 0 Å². The van der Waals surface area contributed by atoms with Crippen molar-refractivity contribution in [3.63, 3.8) is 0 Å². The fraction of sp³-hybridized carbons (Fsp3) is 0.368. The van der Waals surface area contributed by atoms with Gasteiger partial charge in [0.15, 0.2) is 15.0 Å². The summed E-state index contributed by atoms with van der Waals surface area (Å²) in [5, 5.41) is 0.576. The molecular weight excluding hydrogens is 494 g/mol. The van der Waals surface area contributed by atoms with E-state index in [2.05, 4.69) is 39.7 Å². The van der Waals surface area contributed by atoms with E-state index >= 15 is 0 Å². The number of aromatic nitrogens is 1. The minimum absolute atomic E-state index is 0.102. The molecule has 2 aromatic heterocycles. The number of carbonyl (C=O) groups is 1. The van der Waals surface area contributed by atoms with Crippen molar-refractivity contribution in [1.29, 1.82) is 0 Å². The molecule has 0 spiro atoms. The van der Waals surface area contributed by atoms with Gasteiger partial charge < -0.3 is 4.90 Å². The number of carbonyl (C=O) groups excluding carboxylic acids is 1. The number of fused-ring (bicyclic) bond motifs is 1. The van der Waals surface area contributed by atoms with Crippen molar-refractivity contribution in [1.82, 2.24) is 9.88 Å². The fourth-order valence-corrected chi connectivity index (χ4v) is 5.95. The van der Waals surface area contributed by atoms with E-state index in [0.717, 1.165) is 28.1 Å². The SMILES string of the molecule is CCN(CC)CCN(C(=O)c1ccc(Br)s1)c1nc2ccc(S(C)(=O)=O)cc2s1. The Labute approximate surface area is 187 Å². The topological polar surface area (TPSA) is 70.6 Å². The van der Waals surface area contributed by atoms with E-state index in [0.29, 0.717) is 22.1 Å². The van der Waals surface area contributed by atoms with Gasteiger partial charge in [-0.15, -0.1) is 11.3 Å². The molecule has 0 saturated heterocycles. The average Bonchev–Trinajstić information content (AvgIpc) is 3.29. The molecule has 0 bridgehead atoms. The summed E-state index contributed by atoms with van der Waals surface area (Å²) in [5.74, 6) is -0.102. The molecule has 2 heterocycles. The van der Waals surface area contributed by atoms with E-state index in [9.17, 15) is 13.2 Å². The summed E-state index contributed by atoms with van der Waals surface area (Å²) in [4.78, 5) is 22.7. The molecular formula is C19H22BrN3O3S3. The molecule has 0 aliphatic rings. The number of sulfone groups is 1. The van der Waals surface area contributed by atoms with Gasteiger partial charge in [0.2, 0.25) is 0 Å². The van der Waals surface area contributed by atoms with E-state index in [1.54, 1.807) is 29.2 Å². The Morgan fingerprint density at radius 3 is 2.41 bits per heavy atom. The summed E-state index contributed by atoms with van der Waals surface area (Å²) >= 11 is 6.14. The summed E-state index contributed by atoms with van der Waals surface area (Å²) in [6, 6.07) is 8.54. The molecule has 0 atom stereocenters. The Balaban J connectivity index is 1.99. The number of benzene rings is 1. The molecule has 3 rings (SSSR count). The maximum absolute atomic E-state index is 13.2. The van der Waals surface area contributed by atoms with E-state index in [4.69, 9.17) is 0 Å². The van der Waals surface area contributed by atoms with Crippen molar-refractivity contribution in [3.05, 3.63) is 39.0 Å². The highest BCUT2D eigenvalue weighted by Gasteiger charge is 2.23. The highest BCUT2D eigenvalue weighted by molar-refractivity contribution is 9.11. The molecule has 6 nitrogen and oxygen atoms in total. The molecule has 29 heavy (non-hydrogen) atoms. The lowest BCUT2D eigenvalue weighted by Gasteiger charge is -2.24. The van der Waals surface area contributed by atoms with Crippen LogP contribution in [0.1, 0.15) is 23.5 Å².